The van der Waals surface area contributed by atoms with Crippen molar-refractivity contribution >= 4 is 17.5 Å². The van der Waals surface area contributed by atoms with Crippen LogP contribution in [0.15, 0.2) is 47.8 Å². The molecule has 2 aromatic carbocycles. The number of aryl methyl sites for hydroxylation is 1. The molecule has 2 rings (SSSR count). The van der Waals surface area contributed by atoms with Crippen molar-refractivity contribution in [3.05, 3.63) is 68.6 Å². The van der Waals surface area contributed by atoms with Gasteiger partial charge in [0.2, 0.25) is 0 Å². The van der Waals surface area contributed by atoms with Crippen LogP contribution in [0.1, 0.15) is 11.1 Å². The van der Waals surface area contributed by atoms with Crippen LogP contribution in [0.2, 0.25) is 0 Å². The summed E-state index contributed by atoms with van der Waals surface area (Å²) in [5.74, 6) is 0.200. The first-order valence-corrected chi connectivity index (χ1v) is 7.16. The molecule has 0 aliphatic heterocycles. The van der Waals surface area contributed by atoms with E-state index in [4.69, 9.17) is 9.47 Å². The molecule has 9 nitrogen and oxygen atoms in total. The van der Waals surface area contributed by atoms with E-state index in [-0.39, 0.29) is 23.6 Å². The number of carbonyl (C=O) groups excluding carboxylic acids is 1. The van der Waals surface area contributed by atoms with Gasteiger partial charge in [-0.05, 0) is 42.8 Å². The maximum atomic E-state index is 11.7. The van der Waals surface area contributed by atoms with Gasteiger partial charge < -0.3 is 9.47 Å². The summed E-state index contributed by atoms with van der Waals surface area (Å²) in [6.45, 7) is 1.44. The largest absolute Gasteiger partial charge is 0.514 e. The SMILES string of the molecule is Cc1ccc(COC(=O)Oc2ccc(N(C)N=O)cc2)c([N+](=O)[O-])c1. The number of benzene rings is 2. The number of carbonyl (C=O) groups is 1. The first-order valence-electron chi connectivity index (χ1n) is 7.16. The van der Waals surface area contributed by atoms with Crippen molar-refractivity contribution in [3.8, 4) is 5.75 Å². The standard InChI is InChI=1S/C16H15N3O6/c1-11-3-4-12(15(9-11)19(22)23)10-24-16(20)25-14-7-5-13(6-8-14)18(2)17-21/h3-9H,10H2,1-2H3. The predicted molar refractivity (Wildman–Crippen MR) is 89.3 cm³/mol. The summed E-state index contributed by atoms with van der Waals surface area (Å²) in [7, 11) is 1.48. The van der Waals surface area contributed by atoms with Gasteiger partial charge in [0, 0.05) is 13.1 Å². The molecular formula is C16H15N3O6. The topological polar surface area (TPSA) is 111 Å². The Morgan fingerprint density at radius 3 is 2.52 bits per heavy atom. The second-order valence-corrected chi connectivity index (χ2v) is 5.13. The average molecular weight is 345 g/mol. The van der Waals surface area contributed by atoms with E-state index < -0.39 is 11.1 Å². The van der Waals surface area contributed by atoms with Crippen molar-refractivity contribution in [2.75, 3.05) is 12.1 Å². The van der Waals surface area contributed by atoms with Gasteiger partial charge in [-0.3, -0.25) is 10.1 Å². The van der Waals surface area contributed by atoms with Crippen molar-refractivity contribution in [1.29, 1.82) is 0 Å². The summed E-state index contributed by atoms with van der Waals surface area (Å²) in [5.41, 5.74) is 1.39. The highest BCUT2D eigenvalue weighted by molar-refractivity contribution is 5.64. The maximum Gasteiger partial charge on any atom is 0.514 e. The summed E-state index contributed by atoms with van der Waals surface area (Å²) in [6.07, 6.45) is -0.996. The van der Waals surface area contributed by atoms with Crippen LogP contribution < -0.4 is 9.75 Å². The van der Waals surface area contributed by atoms with Crippen LogP contribution in [-0.2, 0) is 11.3 Å². The second-order valence-electron chi connectivity index (χ2n) is 5.13. The highest BCUT2D eigenvalue weighted by atomic mass is 16.7. The molecule has 0 aliphatic carbocycles. The van der Waals surface area contributed by atoms with Gasteiger partial charge >= 0.3 is 6.16 Å². The van der Waals surface area contributed by atoms with E-state index in [1.807, 2.05) is 0 Å². The first-order chi connectivity index (χ1) is 11.9. The molecular weight excluding hydrogens is 330 g/mol. The van der Waals surface area contributed by atoms with Gasteiger partial charge in [0.25, 0.3) is 5.69 Å². The second kappa shape index (κ2) is 7.86. The normalized spacial score (nSPS) is 10.0. The molecule has 0 radical (unpaired) electrons. The zero-order valence-electron chi connectivity index (χ0n) is 13.5. The van der Waals surface area contributed by atoms with Crippen LogP contribution in [0.4, 0.5) is 16.2 Å². The van der Waals surface area contributed by atoms with Gasteiger partial charge in [-0.25, -0.2) is 9.80 Å². The summed E-state index contributed by atoms with van der Waals surface area (Å²) in [4.78, 5) is 32.6. The third-order valence-electron chi connectivity index (χ3n) is 3.32. The van der Waals surface area contributed by atoms with Gasteiger partial charge in [-0.15, -0.1) is 4.91 Å². The third kappa shape index (κ3) is 4.74. The summed E-state index contributed by atoms with van der Waals surface area (Å²) >= 11 is 0. The minimum absolute atomic E-state index is 0.124. The molecule has 0 amide bonds. The molecule has 130 valence electrons. The van der Waals surface area contributed by atoms with E-state index in [1.165, 1.54) is 43.4 Å². The van der Waals surface area contributed by atoms with Gasteiger partial charge in [0.15, 0.2) is 0 Å². The van der Waals surface area contributed by atoms with E-state index in [9.17, 15) is 19.8 Å². The van der Waals surface area contributed by atoms with Gasteiger partial charge in [0.1, 0.15) is 12.4 Å². The lowest BCUT2D eigenvalue weighted by Crippen LogP contribution is -2.11. The molecule has 0 aromatic heterocycles. The molecule has 0 aliphatic rings. The molecule has 0 N–H and O–H groups in total. The monoisotopic (exact) mass is 345 g/mol. The van der Waals surface area contributed by atoms with Gasteiger partial charge in [0.05, 0.1) is 21.5 Å². The van der Waals surface area contributed by atoms with Crippen LogP contribution in [0, 0.1) is 21.9 Å². The molecule has 0 atom stereocenters. The van der Waals surface area contributed by atoms with Crippen LogP contribution in [0.5, 0.6) is 5.75 Å². The number of anilines is 1. The first kappa shape index (κ1) is 17.9. The zero-order valence-corrected chi connectivity index (χ0v) is 13.5. The molecule has 9 heteroatoms. The molecule has 0 saturated heterocycles. The maximum absolute atomic E-state index is 11.7. The Bertz CT molecular complexity index is 791. The van der Waals surface area contributed by atoms with Crippen molar-refractivity contribution < 1.29 is 19.2 Å². The summed E-state index contributed by atoms with van der Waals surface area (Å²) < 4.78 is 9.89. The van der Waals surface area contributed by atoms with Crippen molar-refractivity contribution in [1.82, 2.24) is 0 Å². The molecule has 0 unspecified atom stereocenters. The minimum atomic E-state index is -0.996. The minimum Gasteiger partial charge on any atom is -0.429 e. The Hall–Kier alpha value is -3.49. The molecule has 0 bridgehead atoms. The number of nitrogens with zero attached hydrogens (tertiary/aromatic N) is 3. The van der Waals surface area contributed by atoms with Crippen molar-refractivity contribution in [3.63, 3.8) is 0 Å². The fourth-order valence-corrected chi connectivity index (χ4v) is 2.01. The molecule has 0 spiro atoms. The average Bonchev–Trinajstić information content (AvgIpc) is 2.60. The summed E-state index contributed by atoms with van der Waals surface area (Å²) in [5, 5.41) is 14.9. The van der Waals surface area contributed by atoms with E-state index in [2.05, 4.69) is 5.29 Å². The molecule has 0 fully saturated rings. The summed E-state index contributed by atoms with van der Waals surface area (Å²) in [6, 6.07) is 10.6. The fraction of sp³-hybridized carbons (Fsp3) is 0.188. The van der Waals surface area contributed by atoms with Crippen LogP contribution >= 0.6 is 0 Å². The lowest BCUT2D eigenvalue weighted by Gasteiger charge is -2.10. The number of nitro benzene ring substituents is 1. The molecule has 2 aromatic rings. The predicted octanol–water partition coefficient (Wildman–Crippen LogP) is 3.74. The number of nitro groups is 1. The number of hydrogen-bond acceptors (Lipinski definition) is 7. The van der Waals surface area contributed by atoms with Crippen LogP contribution in [0.25, 0.3) is 0 Å². The van der Waals surface area contributed by atoms with Crippen molar-refractivity contribution in [2.45, 2.75) is 13.5 Å². The Balaban J connectivity index is 1.97. The number of nitroso groups, excluding NO2 is 1. The van der Waals surface area contributed by atoms with Crippen LogP contribution in [0.3, 0.4) is 0 Å². The Morgan fingerprint density at radius 1 is 1.24 bits per heavy atom. The number of ether oxygens (including phenoxy) is 2. The van der Waals surface area contributed by atoms with E-state index in [1.54, 1.807) is 13.0 Å². The Morgan fingerprint density at radius 2 is 1.92 bits per heavy atom. The molecule has 0 heterocycles. The lowest BCUT2D eigenvalue weighted by molar-refractivity contribution is -0.385. The van der Waals surface area contributed by atoms with Crippen LogP contribution in [-0.4, -0.2) is 18.1 Å². The Labute approximate surface area is 142 Å². The fourth-order valence-electron chi connectivity index (χ4n) is 2.01. The number of hydrogen-bond donors (Lipinski definition) is 0. The van der Waals surface area contributed by atoms with E-state index in [0.717, 1.165) is 10.6 Å². The lowest BCUT2D eigenvalue weighted by atomic mass is 10.1. The number of rotatable bonds is 6. The third-order valence-corrected chi connectivity index (χ3v) is 3.32. The highest BCUT2D eigenvalue weighted by Gasteiger charge is 2.16. The zero-order chi connectivity index (χ0) is 18.4. The van der Waals surface area contributed by atoms with Gasteiger partial charge in [-0.2, -0.15) is 0 Å². The van der Waals surface area contributed by atoms with Crippen molar-refractivity contribution in [2.24, 2.45) is 5.29 Å². The molecule has 25 heavy (non-hydrogen) atoms. The Kier molecular flexibility index (Phi) is 5.62. The van der Waals surface area contributed by atoms with Gasteiger partial charge in [-0.1, -0.05) is 6.07 Å². The molecule has 0 saturated carbocycles. The van der Waals surface area contributed by atoms with E-state index >= 15 is 0 Å². The quantitative estimate of drug-likeness (QED) is 0.258. The smallest absolute Gasteiger partial charge is 0.429 e. The highest BCUT2D eigenvalue weighted by Crippen LogP contribution is 2.22. The van der Waals surface area contributed by atoms with E-state index in [0.29, 0.717) is 5.69 Å².